The molecule has 0 bridgehead atoms. The molecule has 3 heterocycles. The number of amides is 1. The molecule has 0 unspecified atom stereocenters. The first-order chi connectivity index (χ1) is 16.8. The second kappa shape index (κ2) is 11.1. The number of furan rings is 1. The molecule has 0 aliphatic heterocycles. The number of thioether (sulfide) groups is 1. The van der Waals surface area contributed by atoms with Crippen molar-refractivity contribution in [1.82, 2.24) is 20.3 Å². The number of hydrogen-bond donors (Lipinski definition) is 1. The van der Waals surface area contributed by atoms with Crippen LogP contribution < -0.4 is 10.2 Å². The van der Waals surface area contributed by atoms with Crippen LogP contribution in [0.2, 0.25) is 0 Å². The van der Waals surface area contributed by atoms with Crippen LogP contribution in [-0.2, 0) is 18.5 Å². The Morgan fingerprint density at radius 3 is 2.69 bits per heavy atom. The highest BCUT2D eigenvalue weighted by Crippen LogP contribution is 2.34. The van der Waals surface area contributed by atoms with Crippen molar-refractivity contribution in [2.24, 2.45) is 0 Å². The van der Waals surface area contributed by atoms with Crippen LogP contribution in [0.4, 0.5) is 19.0 Å². The Morgan fingerprint density at radius 2 is 1.97 bits per heavy atom. The summed E-state index contributed by atoms with van der Waals surface area (Å²) in [6, 6.07) is 9.71. The van der Waals surface area contributed by atoms with Crippen molar-refractivity contribution in [2.75, 3.05) is 11.9 Å². The Kier molecular flexibility index (Phi) is 7.94. The number of pyridine rings is 1. The van der Waals surface area contributed by atoms with E-state index in [0.29, 0.717) is 11.5 Å². The normalized spacial score (nSPS) is 14.6. The lowest BCUT2D eigenvalue weighted by Gasteiger charge is -2.32. The van der Waals surface area contributed by atoms with E-state index in [1.54, 1.807) is 31.4 Å². The molecule has 7 nitrogen and oxygen atoms in total. The zero-order chi connectivity index (χ0) is 24.8. The van der Waals surface area contributed by atoms with Gasteiger partial charge in [0.15, 0.2) is 16.6 Å². The average Bonchev–Trinajstić information content (AvgIpc) is 3.35. The van der Waals surface area contributed by atoms with Gasteiger partial charge in [0, 0.05) is 25.4 Å². The minimum Gasteiger partial charge on any atom is -0.455 e. The quantitative estimate of drug-likeness (QED) is 0.321. The van der Waals surface area contributed by atoms with Crippen LogP contribution in [0.5, 0.6) is 0 Å². The third-order valence-corrected chi connectivity index (χ3v) is 6.72. The van der Waals surface area contributed by atoms with Crippen LogP contribution in [0.1, 0.15) is 59.8 Å². The van der Waals surface area contributed by atoms with E-state index >= 15 is 0 Å². The van der Waals surface area contributed by atoms with Gasteiger partial charge in [-0.3, -0.25) is 9.78 Å². The second-order valence-corrected chi connectivity index (χ2v) is 9.30. The molecule has 1 saturated carbocycles. The first kappa shape index (κ1) is 25.0. The number of rotatable bonds is 8. The highest BCUT2D eigenvalue weighted by molar-refractivity contribution is 7.98. The number of halogens is 3. The number of hydrogen-bond acceptors (Lipinski definition) is 7. The van der Waals surface area contributed by atoms with Gasteiger partial charge in [-0.1, -0.05) is 37.1 Å². The second-order valence-electron chi connectivity index (χ2n) is 8.35. The predicted molar refractivity (Wildman–Crippen MR) is 126 cm³/mol. The zero-order valence-electron chi connectivity index (χ0n) is 19.2. The van der Waals surface area contributed by atoms with Gasteiger partial charge < -0.3 is 14.6 Å². The molecule has 3 aromatic heterocycles. The van der Waals surface area contributed by atoms with Crippen molar-refractivity contribution < 1.29 is 22.4 Å². The Morgan fingerprint density at radius 1 is 1.17 bits per heavy atom. The molecule has 0 radical (unpaired) electrons. The summed E-state index contributed by atoms with van der Waals surface area (Å²) < 4.78 is 46.1. The number of anilines is 1. The Balaban J connectivity index is 1.42. The number of nitrogens with one attached hydrogen (secondary N) is 1. The number of aromatic nitrogens is 3. The fourth-order valence-electron chi connectivity index (χ4n) is 3.93. The molecule has 1 fully saturated rings. The first-order valence-corrected chi connectivity index (χ1v) is 12.4. The molecule has 0 aromatic carbocycles. The van der Waals surface area contributed by atoms with Crippen molar-refractivity contribution >= 4 is 23.5 Å². The van der Waals surface area contributed by atoms with Crippen molar-refractivity contribution in [3.05, 3.63) is 65.5 Å². The molecule has 3 aromatic rings. The smallest absolute Gasteiger partial charge is 0.433 e. The molecule has 0 atom stereocenters. The average molecular weight is 506 g/mol. The van der Waals surface area contributed by atoms with Crippen molar-refractivity contribution in [3.63, 3.8) is 0 Å². The van der Waals surface area contributed by atoms with Gasteiger partial charge in [-0.2, -0.15) is 13.2 Å². The topological polar surface area (TPSA) is 84.2 Å². The Labute approximate surface area is 205 Å². The van der Waals surface area contributed by atoms with E-state index in [2.05, 4.69) is 20.3 Å². The van der Waals surface area contributed by atoms with Crippen molar-refractivity contribution in [3.8, 4) is 0 Å². The van der Waals surface area contributed by atoms with Crippen LogP contribution in [-0.4, -0.2) is 33.9 Å². The summed E-state index contributed by atoms with van der Waals surface area (Å²) in [5, 5.41) is 2.73. The molecular formula is C24H26F3N5O2S. The van der Waals surface area contributed by atoms with Crippen LogP contribution in [0.3, 0.4) is 0 Å². The molecule has 186 valence electrons. The third kappa shape index (κ3) is 6.74. The molecule has 1 aliphatic carbocycles. The lowest BCUT2D eigenvalue weighted by atomic mass is 9.94. The Bertz CT molecular complexity index is 1130. The lowest BCUT2D eigenvalue weighted by molar-refractivity contribution is -0.141. The number of nitrogens with zero attached hydrogens (tertiary/aromatic N) is 4. The third-order valence-electron chi connectivity index (χ3n) is 5.85. The predicted octanol–water partition coefficient (Wildman–Crippen LogP) is 5.47. The monoisotopic (exact) mass is 505 g/mol. The largest absolute Gasteiger partial charge is 0.455 e. The van der Waals surface area contributed by atoms with Crippen LogP contribution >= 0.6 is 11.8 Å². The van der Waals surface area contributed by atoms with Crippen LogP contribution in [0.25, 0.3) is 0 Å². The minimum absolute atomic E-state index is 0.00929. The first-order valence-electron chi connectivity index (χ1n) is 11.4. The van der Waals surface area contributed by atoms with E-state index in [1.807, 2.05) is 11.0 Å². The molecule has 1 N–H and O–H groups in total. The van der Waals surface area contributed by atoms with Crippen LogP contribution in [0, 0.1) is 0 Å². The van der Waals surface area contributed by atoms with Gasteiger partial charge in [0.2, 0.25) is 0 Å². The van der Waals surface area contributed by atoms with Gasteiger partial charge in [0.1, 0.15) is 11.6 Å². The standard InChI is InChI=1S/C24H26F3N5O2S/c1-32(17-8-3-2-4-9-17)21-13-20(24(25,26)27)30-23(31-21)35-15-18-10-11-19(34-18)22(33)29-14-16-7-5-6-12-28-16/h5-7,10-13,17H,2-4,8-9,14-15H2,1H3,(H,29,33). The maximum Gasteiger partial charge on any atom is 0.433 e. The molecule has 35 heavy (non-hydrogen) atoms. The van der Waals surface area contributed by atoms with Crippen molar-refractivity contribution in [2.45, 2.75) is 61.8 Å². The number of alkyl halides is 3. The summed E-state index contributed by atoms with van der Waals surface area (Å²) in [6.07, 6.45) is 2.19. The summed E-state index contributed by atoms with van der Waals surface area (Å²) in [4.78, 5) is 26.4. The fraction of sp³-hybridized carbons (Fsp3) is 0.417. The zero-order valence-corrected chi connectivity index (χ0v) is 20.0. The maximum atomic E-state index is 13.5. The van der Waals surface area contributed by atoms with Gasteiger partial charge in [0.05, 0.1) is 18.0 Å². The van der Waals surface area contributed by atoms with E-state index < -0.39 is 17.8 Å². The number of carbonyl (C=O) groups is 1. The molecule has 0 spiro atoms. The molecule has 1 aliphatic rings. The summed E-state index contributed by atoms with van der Waals surface area (Å²) in [6.45, 7) is 0.250. The lowest BCUT2D eigenvalue weighted by Crippen LogP contribution is -2.34. The van der Waals surface area contributed by atoms with Gasteiger partial charge in [-0.05, 0) is 37.1 Å². The van der Waals surface area contributed by atoms with Gasteiger partial charge in [0.25, 0.3) is 5.91 Å². The highest BCUT2D eigenvalue weighted by Gasteiger charge is 2.34. The van der Waals surface area contributed by atoms with E-state index in [9.17, 15) is 18.0 Å². The van der Waals surface area contributed by atoms with E-state index in [-0.39, 0.29) is 35.1 Å². The summed E-state index contributed by atoms with van der Waals surface area (Å²) in [7, 11) is 1.79. The SMILES string of the molecule is CN(c1cc(C(F)(F)F)nc(SCc2ccc(C(=O)NCc3ccccn3)o2)n1)C1CCCCC1. The Hall–Kier alpha value is -3.08. The highest BCUT2D eigenvalue weighted by atomic mass is 32.2. The molecule has 4 rings (SSSR count). The van der Waals surface area contributed by atoms with Gasteiger partial charge in [-0.15, -0.1) is 0 Å². The van der Waals surface area contributed by atoms with E-state index in [0.717, 1.165) is 49.9 Å². The van der Waals surface area contributed by atoms with Gasteiger partial charge >= 0.3 is 6.18 Å². The van der Waals surface area contributed by atoms with Gasteiger partial charge in [-0.25, -0.2) is 9.97 Å². The van der Waals surface area contributed by atoms with E-state index in [4.69, 9.17) is 4.42 Å². The summed E-state index contributed by atoms with van der Waals surface area (Å²) >= 11 is 1.03. The fourth-order valence-corrected chi connectivity index (χ4v) is 4.68. The molecule has 1 amide bonds. The minimum atomic E-state index is -4.58. The molecule has 0 saturated heterocycles. The van der Waals surface area contributed by atoms with Crippen LogP contribution in [0.15, 0.2) is 52.2 Å². The summed E-state index contributed by atoms with van der Waals surface area (Å²) in [5.74, 6) is 0.580. The molecule has 11 heteroatoms. The van der Waals surface area contributed by atoms with Crippen molar-refractivity contribution in [1.29, 1.82) is 0 Å². The molecular weight excluding hydrogens is 479 g/mol. The van der Waals surface area contributed by atoms with E-state index in [1.165, 1.54) is 6.07 Å². The summed E-state index contributed by atoms with van der Waals surface area (Å²) in [5.41, 5.74) is -0.263. The number of carbonyl (C=O) groups excluding carboxylic acids is 1. The maximum absolute atomic E-state index is 13.5.